The molecular weight excluding hydrogens is 182 g/mol. The van der Waals surface area contributed by atoms with Crippen LogP contribution >= 0.6 is 0 Å². The van der Waals surface area contributed by atoms with Crippen LogP contribution in [0.2, 0.25) is 0 Å². The fourth-order valence-corrected chi connectivity index (χ4v) is 1.82. The first kappa shape index (κ1) is 8.42. The van der Waals surface area contributed by atoms with E-state index in [1.807, 2.05) is 36.4 Å². The number of aromatic nitrogens is 1. The molecule has 0 atom stereocenters. The van der Waals surface area contributed by atoms with Crippen molar-refractivity contribution >= 4 is 21.8 Å². The number of pyridine rings is 1. The fraction of sp³-hybridized carbons (Fsp3) is 0. The van der Waals surface area contributed by atoms with Crippen LogP contribution in [-0.4, -0.2) is 4.98 Å². The molecule has 3 rings (SSSR count). The van der Waals surface area contributed by atoms with Gasteiger partial charge in [-0.1, -0.05) is 36.4 Å². The van der Waals surface area contributed by atoms with Crippen LogP contribution in [0.1, 0.15) is 5.56 Å². The highest BCUT2D eigenvalue weighted by molar-refractivity contribution is 5.94. The molecule has 1 heterocycles. The summed E-state index contributed by atoms with van der Waals surface area (Å²) in [5.74, 6) is 0. The Kier molecular flexibility index (Phi) is 1.72. The molecule has 70 valence electrons. The summed E-state index contributed by atoms with van der Waals surface area (Å²) in [4.78, 5) is 4.55. The molecule has 0 aliphatic rings. The maximum atomic E-state index is 5.88. The van der Waals surface area contributed by atoms with Crippen LogP contribution in [0.3, 0.4) is 0 Å². The predicted molar refractivity (Wildman–Crippen MR) is 62.7 cm³/mol. The van der Waals surface area contributed by atoms with E-state index >= 15 is 0 Å². The molecular formula is C14H9N. The topological polar surface area (TPSA) is 12.9 Å². The van der Waals surface area contributed by atoms with E-state index in [9.17, 15) is 0 Å². The van der Waals surface area contributed by atoms with Gasteiger partial charge in [-0.25, -0.2) is 4.98 Å². The largest absolute Gasteiger partial charge is 0.247 e. The number of benzene rings is 2. The Balaban J connectivity index is 2.53. The van der Waals surface area contributed by atoms with Crippen LogP contribution in [0.4, 0.5) is 0 Å². The van der Waals surface area contributed by atoms with Crippen LogP contribution in [0.5, 0.6) is 0 Å². The molecule has 3 aromatic rings. The van der Waals surface area contributed by atoms with Crippen LogP contribution in [-0.2, 0) is 0 Å². The summed E-state index contributed by atoms with van der Waals surface area (Å²) in [6, 6.07) is 16.0. The maximum Gasteiger partial charge on any atom is 0.0744 e. The minimum atomic E-state index is 0.734. The molecule has 1 heteroatoms. The van der Waals surface area contributed by atoms with Crippen molar-refractivity contribution in [3.8, 4) is 0 Å². The number of hydrogen-bond donors (Lipinski definition) is 0. The Bertz CT molecular complexity index is 641. The number of hydrogen-bond acceptors (Lipinski definition) is 1. The minimum absolute atomic E-state index is 0.734. The lowest BCUT2D eigenvalue weighted by atomic mass is 10.1. The summed E-state index contributed by atoms with van der Waals surface area (Å²) in [5, 5.41) is 2.24. The minimum Gasteiger partial charge on any atom is -0.247 e. The standard InChI is InChI=1S/C14H9N/c1-10-5-4-7-12-9-11-6-2-3-8-13(11)15-14(10)12/h1-9H. The first-order valence-electron chi connectivity index (χ1n) is 4.88. The lowest BCUT2D eigenvalue weighted by molar-refractivity contribution is 1.47. The summed E-state index contributed by atoms with van der Waals surface area (Å²) in [6.07, 6.45) is 0. The molecule has 2 radical (unpaired) electrons. The van der Waals surface area contributed by atoms with Gasteiger partial charge in [0.05, 0.1) is 11.0 Å². The molecule has 0 fully saturated rings. The molecule has 2 aromatic carbocycles. The lowest BCUT2D eigenvalue weighted by Gasteiger charge is -2.03. The maximum absolute atomic E-state index is 5.88. The van der Waals surface area contributed by atoms with E-state index in [-0.39, 0.29) is 0 Å². The molecule has 0 amide bonds. The molecule has 0 aliphatic heterocycles. The van der Waals surface area contributed by atoms with Gasteiger partial charge in [0.1, 0.15) is 0 Å². The second kappa shape index (κ2) is 3.06. The van der Waals surface area contributed by atoms with E-state index in [0.717, 1.165) is 27.4 Å². The molecule has 0 saturated heterocycles. The zero-order chi connectivity index (χ0) is 10.3. The molecule has 0 aliphatic carbocycles. The Labute approximate surface area is 88.4 Å². The zero-order valence-electron chi connectivity index (χ0n) is 8.14. The summed E-state index contributed by atoms with van der Waals surface area (Å²) >= 11 is 0. The molecule has 0 spiro atoms. The van der Waals surface area contributed by atoms with E-state index in [1.54, 1.807) is 0 Å². The summed E-state index contributed by atoms with van der Waals surface area (Å²) in [6.45, 7) is 5.88. The van der Waals surface area contributed by atoms with Gasteiger partial charge < -0.3 is 0 Å². The Hall–Kier alpha value is -1.89. The summed E-state index contributed by atoms with van der Waals surface area (Å²) in [7, 11) is 0. The number of nitrogens with zero attached hydrogens (tertiary/aromatic N) is 1. The van der Waals surface area contributed by atoms with Gasteiger partial charge in [0.25, 0.3) is 0 Å². The van der Waals surface area contributed by atoms with Gasteiger partial charge in [0.15, 0.2) is 0 Å². The van der Waals surface area contributed by atoms with Gasteiger partial charge in [0, 0.05) is 17.7 Å². The van der Waals surface area contributed by atoms with E-state index in [1.165, 1.54) is 0 Å². The number of para-hydroxylation sites is 2. The SMILES string of the molecule is [CH]c1cccc2cc3ccccc3nc12. The van der Waals surface area contributed by atoms with Crippen molar-refractivity contribution in [3.05, 3.63) is 61.0 Å². The van der Waals surface area contributed by atoms with Crippen molar-refractivity contribution in [2.75, 3.05) is 0 Å². The molecule has 15 heavy (non-hydrogen) atoms. The quantitative estimate of drug-likeness (QED) is 0.496. The third-order valence-corrected chi connectivity index (χ3v) is 2.58. The normalized spacial score (nSPS) is 11.0. The van der Waals surface area contributed by atoms with Crippen molar-refractivity contribution in [1.29, 1.82) is 0 Å². The lowest BCUT2D eigenvalue weighted by Crippen LogP contribution is -1.84. The monoisotopic (exact) mass is 191 g/mol. The van der Waals surface area contributed by atoms with Crippen LogP contribution in [0.15, 0.2) is 48.5 Å². The Morgan fingerprint density at radius 1 is 0.867 bits per heavy atom. The van der Waals surface area contributed by atoms with Crippen molar-refractivity contribution in [3.63, 3.8) is 0 Å². The van der Waals surface area contributed by atoms with Crippen molar-refractivity contribution in [2.24, 2.45) is 0 Å². The van der Waals surface area contributed by atoms with Crippen molar-refractivity contribution in [1.82, 2.24) is 4.98 Å². The molecule has 0 bridgehead atoms. The first-order valence-corrected chi connectivity index (χ1v) is 4.88. The second-order valence-corrected chi connectivity index (χ2v) is 3.60. The van der Waals surface area contributed by atoms with E-state index < -0.39 is 0 Å². The van der Waals surface area contributed by atoms with E-state index in [2.05, 4.69) is 17.1 Å². The number of fused-ring (bicyclic) bond motifs is 2. The predicted octanol–water partition coefficient (Wildman–Crippen LogP) is 3.45. The highest BCUT2D eigenvalue weighted by atomic mass is 14.7. The Morgan fingerprint density at radius 2 is 1.67 bits per heavy atom. The van der Waals surface area contributed by atoms with Gasteiger partial charge >= 0.3 is 0 Å². The summed E-state index contributed by atoms with van der Waals surface area (Å²) in [5.41, 5.74) is 2.61. The van der Waals surface area contributed by atoms with Crippen molar-refractivity contribution in [2.45, 2.75) is 0 Å². The fourth-order valence-electron chi connectivity index (χ4n) is 1.82. The van der Waals surface area contributed by atoms with Gasteiger partial charge in [-0.15, -0.1) is 0 Å². The average molecular weight is 191 g/mol. The smallest absolute Gasteiger partial charge is 0.0744 e. The molecule has 0 saturated carbocycles. The van der Waals surface area contributed by atoms with Crippen molar-refractivity contribution < 1.29 is 0 Å². The van der Waals surface area contributed by atoms with Gasteiger partial charge in [-0.2, -0.15) is 0 Å². The third kappa shape index (κ3) is 1.28. The highest BCUT2D eigenvalue weighted by Crippen LogP contribution is 2.21. The van der Waals surface area contributed by atoms with Gasteiger partial charge in [-0.05, 0) is 17.7 Å². The molecule has 1 nitrogen and oxygen atoms in total. The summed E-state index contributed by atoms with van der Waals surface area (Å²) < 4.78 is 0. The van der Waals surface area contributed by atoms with Crippen LogP contribution in [0, 0.1) is 6.92 Å². The van der Waals surface area contributed by atoms with Crippen LogP contribution < -0.4 is 0 Å². The van der Waals surface area contributed by atoms with E-state index in [4.69, 9.17) is 6.92 Å². The highest BCUT2D eigenvalue weighted by Gasteiger charge is 2.00. The second-order valence-electron chi connectivity index (χ2n) is 3.60. The third-order valence-electron chi connectivity index (χ3n) is 2.58. The first-order chi connectivity index (χ1) is 7.34. The van der Waals surface area contributed by atoms with E-state index in [0.29, 0.717) is 0 Å². The average Bonchev–Trinajstić information content (AvgIpc) is 2.27. The molecule has 0 N–H and O–H groups in total. The Morgan fingerprint density at radius 3 is 2.60 bits per heavy atom. The molecule has 1 aromatic heterocycles. The zero-order valence-corrected chi connectivity index (χ0v) is 8.14. The van der Waals surface area contributed by atoms with Crippen LogP contribution in [0.25, 0.3) is 21.8 Å². The van der Waals surface area contributed by atoms with Gasteiger partial charge in [-0.3, -0.25) is 0 Å². The number of rotatable bonds is 0. The van der Waals surface area contributed by atoms with Gasteiger partial charge in [0.2, 0.25) is 0 Å². The molecule has 0 unspecified atom stereocenters.